The number of carbonyl (C=O) groups is 1. The van der Waals surface area contributed by atoms with Crippen molar-refractivity contribution in [1.82, 2.24) is 14.5 Å². The number of hydrogen-bond donors (Lipinski definition) is 4. The minimum absolute atomic E-state index is 0.00910. The molecule has 0 aromatic carbocycles. The zero-order chi connectivity index (χ0) is 20.0. The number of nitrogen functional groups attached to an aromatic ring is 1. The molecule has 11 nitrogen and oxygen atoms in total. The molecule has 27 heavy (non-hydrogen) atoms. The maximum atomic E-state index is 11.8. The highest BCUT2D eigenvalue weighted by atomic mass is 16.6. The van der Waals surface area contributed by atoms with Gasteiger partial charge in [-0.2, -0.15) is 4.98 Å². The number of rotatable bonds is 10. The Morgan fingerprint density at radius 1 is 1.41 bits per heavy atom. The molecule has 0 amide bonds. The van der Waals surface area contributed by atoms with Crippen LogP contribution in [0.25, 0.3) is 0 Å². The van der Waals surface area contributed by atoms with Crippen molar-refractivity contribution in [3.05, 3.63) is 16.8 Å². The van der Waals surface area contributed by atoms with E-state index in [0.717, 1.165) is 17.3 Å². The molecule has 2 heterocycles. The van der Waals surface area contributed by atoms with Crippen molar-refractivity contribution in [2.75, 3.05) is 18.9 Å². The molecule has 1 aromatic rings. The summed E-state index contributed by atoms with van der Waals surface area (Å²) in [5, 5.41) is 29.3. The average molecular weight is 386 g/mol. The number of aliphatic carboxylic acids is 1. The van der Waals surface area contributed by atoms with Crippen LogP contribution in [0.5, 0.6) is 0 Å². The van der Waals surface area contributed by atoms with Crippen LogP contribution >= 0.6 is 0 Å². The summed E-state index contributed by atoms with van der Waals surface area (Å²) >= 11 is 0. The number of hydrogen-bond acceptors (Lipinski definition) is 9. The van der Waals surface area contributed by atoms with E-state index in [1.54, 1.807) is 0 Å². The van der Waals surface area contributed by atoms with Gasteiger partial charge in [-0.25, -0.2) is 9.78 Å². The van der Waals surface area contributed by atoms with Crippen LogP contribution in [0.2, 0.25) is 0 Å². The molecule has 0 aliphatic carbocycles. The molecular weight excluding hydrogens is 360 g/mol. The number of nitrogens with zero attached hydrogens (tertiary/aromatic N) is 3. The second-order valence-corrected chi connectivity index (χ2v) is 6.49. The number of carboxylic acid groups (broad SMARTS) is 1. The Hall–Kier alpha value is -2.08. The summed E-state index contributed by atoms with van der Waals surface area (Å²) in [6, 6.07) is 0. The fraction of sp³-hybridized carbons (Fsp3) is 0.750. The summed E-state index contributed by atoms with van der Waals surface area (Å²) in [5.74, 6) is -1.41. The van der Waals surface area contributed by atoms with Crippen LogP contribution in [0.1, 0.15) is 38.8 Å². The van der Waals surface area contributed by atoms with Crippen molar-refractivity contribution in [3.8, 4) is 0 Å². The van der Waals surface area contributed by atoms with E-state index in [2.05, 4.69) is 9.97 Å². The molecule has 5 atom stereocenters. The van der Waals surface area contributed by atoms with Crippen molar-refractivity contribution >= 4 is 11.9 Å². The van der Waals surface area contributed by atoms with E-state index in [1.807, 2.05) is 6.92 Å². The number of aliphatic hydroxyl groups excluding tert-OH is 2. The molecule has 2 rings (SSSR count). The maximum absolute atomic E-state index is 11.8. The van der Waals surface area contributed by atoms with Crippen LogP contribution in [0, 0.1) is 5.92 Å². The van der Waals surface area contributed by atoms with E-state index >= 15 is 0 Å². The van der Waals surface area contributed by atoms with Crippen molar-refractivity contribution in [2.45, 2.75) is 57.1 Å². The minimum Gasteiger partial charge on any atom is -0.481 e. The Labute approximate surface area is 155 Å². The number of anilines is 1. The predicted molar refractivity (Wildman–Crippen MR) is 92.7 cm³/mol. The van der Waals surface area contributed by atoms with Crippen molar-refractivity contribution < 1.29 is 29.6 Å². The number of aliphatic hydroxyl groups is 2. The lowest BCUT2D eigenvalue weighted by Gasteiger charge is -2.16. The quantitative estimate of drug-likeness (QED) is 0.371. The minimum atomic E-state index is -1.36. The lowest BCUT2D eigenvalue weighted by Crippen LogP contribution is -2.36. The normalized spacial score (nSPS) is 26.2. The maximum Gasteiger partial charge on any atom is 0.354 e. The van der Waals surface area contributed by atoms with E-state index in [4.69, 9.17) is 20.3 Å². The number of nitrogens with two attached hydrogens (primary N) is 1. The molecule has 1 unspecified atom stereocenters. The van der Waals surface area contributed by atoms with Crippen LogP contribution < -0.4 is 11.4 Å². The lowest BCUT2D eigenvalue weighted by molar-refractivity contribution is -0.142. The summed E-state index contributed by atoms with van der Waals surface area (Å²) in [6.07, 6.45) is -1.05. The molecule has 1 saturated heterocycles. The average Bonchev–Trinajstić information content (AvgIpc) is 2.89. The third-order valence-corrected chi connectivity index (χ3v) is 4.47. The zero-order valence-corrected chi connectivity index (χ0v) is 15.1. The highest BCUT2D eigenvalue weighted by Gasteiger charge is 2.44. The Bertz CT molecular complexity index is 683. The third kappa shape index (κ3) is 5.45. The van der Waals surface area contributed by atoms with Crippen LogP contribution in [-0.4, -0.2) is 67.3 Å². The second kappa shape index (κ2) is 9.74. The Morgan fingerprint density at radius 2 is 2.15 bits per heavy atom. The van der Waals surface area contributed by atoms with Gasteiger partial charge in [0.2, 0.25) is 5.95 Å². The lowest BCUT2D eigenvalue weighted by atomic mass is 9.98. The monoisotopic (exact) mass is 386 g/mol. The van der Waals surface area contributed by atoms with Gasteiger partial charge in [0, 0.05) is 6.61 Å². The predicted octanol–water partition coefficient (Wildman–Crippen LogP) is -0.863. The van der Waals surface area contributed by atoms with Crippen LogP contribution in [0.15, 0.2) is 11.1 Å². The van der Waals surface area contributed by atoms with E-state index < -0.39 is 42.1 Å². The van der Waals surface area contributed by atoms with Gasteiger partial charge in [-0.15, -0.1) is 0 Å². The van der Waals surface area contributed by atoms with Crippen molar-refractivity contribution in [1.29, 1.82) is 0 Å². The summed E-state index contributed by atoms with van der Waals surface area (Å²) in [7, 11) is 0. The van der Waals surface area contributed by atoms with Gasteiger partial charge >= 0.3 is 11.7 Å². The molecule has 1 aliphatic rings. The molecule has 0 radical (unpaired) electrons. The Balaban J connectivity index is 1.82. The van der Waals surface area contributed by atoms with E-state index in [1.165, 1.54) is 0 Å². The fourth-order valence-corrected chi connectivity index (χ4v) is 3.00. The molecule has 1 aromatic heterocycles. The van der Waals surface area contributed by atoms with Gasteiger partial charge in [-0.1, -0.05) is 13.3 Å². The number of aromatic nitrogens is 3. The van der Waals surface area contributed by atoms with Gasteiger partial charge in [0.05, 0.1) is 12.5 Å². The standard InChI is InChI=1S/C16H26N4O7/c1-2-4-9(14(23)24)5-3-6-26-7-10-11(21)12(22)13(27-10)20-8-18-15(17)19-16(20)25/h8-13,21-22H,2-7H2,1H3,(H,23,24)(H2,17,19,25)/t9?,10-,11-,12-,13-/m1/s1. The Kier molecular flexibility index (Phi) is 7.66. The third-order valence-electron chi connectivity index (χ3n) is 4.47. The van der Waals surface area contributed by atoms with Crippen LogP contribution in [0.4, 0.5) is 5.95 Å². The molecule has 0 saturated carbocycles. The number of ether oxygens (including phenoxy) is 2. The van der Waals surface area contributed by atoms with Gasteiger partial charge < -0.3 is 30.5 Å². The Morgan fingerprint density at radius 3 is 2.78 bits per heavy atom. The van der Waals surface area contributed by atoms with Gasteiger partial charge in [0.15, 0.2) is 6.23 Å². The second-order valence-electron chi connectivity index (χ2n) is 6.49. The van der Waals surface area contributed by atoms with Crippen LogP contribution in [0.3, 0.4) is 0 Å². The van der Waals surface area contributed by atoms with Gasteiger partial charge in [0.1, 0.15) is 24.6 Å². The van der Waals surface area contributed by atoms with Gasteiger partial charge in [0.25, 0.3) is 0 Å². The first-order valence-corrected chi connectivity index (χ1v) is 8.88. The smallest absolute Gasteiger partial charge is 0.354 e. The van der Waals surface area contributed by atoms with Gasteiger partial charge in [-0.05, 0) is 19.3 Å². The van der Waals surface area contributed by atoms with Crippen molar-refractivity contribution in [2.24, 2.45) is 5.92 Å². The molecule has 1 aliphatic heterocycles. The van der Waals surface area contributed by atoms with Crippen LogP contribution in [-0.2, 0) is 14.3 Å². The summed E-state index contributed by atoms with van der Waals surface area (Å²) in [5.41, 5.74) is 4.57. The molecule has 0 bridgehead atoms. The first-order valence-electron chi connectivity index (χ1n) is 8.88. The first kappa shape index (κ1) is 21.2. The van der Waals surface area contributed by atoms with Crippen molar-refractivity contribution in [3.63, 3.8) is 0 Å². The molecular formula is C16H26N4O7. The zero-order valence-electron chi connectivity index (χ0n) is 15.1. The van der Waals surface area contributed by atoms with E-state index in [0.29, 0.717) is 25.9 Å². The molecule has 0 spiro atoms. The topological polar surface area (TPSA) is 170 Å². The molecule has 1 fully saturated rings. The van der Waals surface area contributed by atoms with E-state index in [9.17, 15) is 19.8 Å². The molecule has 5 N–H and O–H groups in total. The fourth-order valence-electron chi connectivity index (χ4n) is 3.00. The highest BCUT2D eigenvalue weighted by molar-refractivity contribution is 5.69. The largest absolute Gasteiger partial charge is 0.481 e. The SMILES string of the molecule is CCCC(CCCOC[C@H]1O[C@@H](n2cnc(N)nc2=O)[C@H](O)[C@@H]1O)C(=O)O. The summed E-state index contributed by atoms with van der Waals surface area (Å²) in [4.78, 5) is 30.1. The van der Waals surface area contributed by atoms with E-state index in [-0.39, 0.29) is 12.6 Å². The number of carboxylic acids is 1. The molecule has 11 heteroatoms. The highest BCUT2D eigenvalue weighted by Crippen LogP contribution is 2.28. The molecule has 152 valence electrons. The van der Waals surface area contributed by atoms with Gasteiger partial charge in [-0.3, -0.25) is 9.36 Å². The summed E-state index contributed by atoms with van der Waals surface area (Å²) in [6.45, 7) is 2.22. The first-order chi connectivity index (χ1) is 12.8. The summed E-state index contributed by atoms with van der Waals surface area (Å²) < 4.78 is 11.9.